The first-order chi connectivity index (χ1) is 14.5. The van der Waals surface area contributed by atoms with Crippen molar-refractivity contribution >= 4 is 37.8 Å². The number of likely N-dealkylation sites (tertiary alicyclic amines) is 1. The zero-order chi connectivity index (χ0) is 22.8. The largest absolute Gasteiger partial charge is 0.444 e. The summed E-state index contributed by atoms with van der Waals surface area (Å²) in [6.07, 6.45) is 2.03. The summed E-state index contributed by atoms with van der Waals surface area (Å²) < 4.78 is 33.4. The maximum Gasteiger partial charge on any atom is 0.410 e. The van der Waals surface area contributed by atoms with Gasteiger partial charge in [-0.2, -0.15) is 4.31 Å². The molecule has 31 heavy (non-hydrogen) atoms. The third-order valence-electron chi connectivity index (χ3n) is 5.86. The van der Waals surface area contributed by atoms with Crippen LogP contribution in [0.15, 0.2) is 33.6 Å². The number of piperidine rings is 2. The fraction of sp³-hybridized carbons (Fsp3) is 0.636. The van der Waals surface area contributed by atoms with Crippen LogP contribution in [0.3, 0.4) is 0 Å². The van der Waals surface area contributed by atoms with E-state index >= 15 is 0 Å². The van der Waals surface area contributed by atoms with E-state index in [1.807, 2.05) is 20.8 Å². The van der Waals surface area contributed by atoms with Crippen molar-refractivity contribution in [2.24, 2.45) is 11.8 Å². The summed E-state index contributed by atoms with van der Waals surface area (Å²) in [5.41, 5.74) is -0.533. The Bertz CT molecular complexity index is 895. The first-order valence-corrected chi connectivity index (χ1v) is 13.0. The fourth-order valence-corrected chi connectivity index (χ4v) is 5.88. The van der Waals surface area contributed by atoms with Crippen molar-refractivity contribution < 1.29 is 22.7 Å². The average molecular weight is 515 g/mol. The zero-order valence-electron chi connectivity index (χ0n) is 18.3. The molecule has 0 aliphatic carbocycles. The van der Waals surface area contributed by atoms with Gasteiger partial charge in [-0.15, -0.1) is 0 Å². The Morgan fingerprint density at radius 2 is 1.42 bits per heavy atom. The van der Waals surface area contributed by atoms with Gasteiger partial charge in [-0.3, -0.25) is 4.79 Å². The van der Waals surface area contributed by atoms with Crippen LogP contribution in [0.4, 0.5) is 4.79 Å². The Morgan fingerprint density at radius 1 is 0.935 bits per heavy atom. The van der Waals surface area contributed by atoms with E-state index in [1.54, 1.807) is 29.2 Å². The van der Waals surface area contributed by atoms with Gasteiger partial charge in [0.25, 0.3) is 0 Å². The summed E-state index contributed by atoms with van der Waals surface area (Å²) in [6, 6.07) is 6.61. The van der Waals surface area contributed by atoms with Crippen LogP contribution in [0, 0.1) is 11.8 Å². The lowest BCUT2D eigenvalue weighted by molar-refractivity contribution is -0.129. The first kappa shape index (κ1) is 24.2. The van der Waals surface area contributed by atoms with Crippen molar-refractivity contribution in [3.63, 3.8) is 0 Å². The topological polar surface area (TPSA) is 84.0 Å². The summed E-state index contributed by atoms with van der Waals surface area (Å²) in [5, 5.41) is 0. The third-order valence-corrected chi connectivity index (χ3v) is 8.30. The summed E-state index contributed by atoms with van der Waals surface area (Å²) in [5.74, 6) is 0.0253. The molecule has 7 nitrogen and oxygen atoms in total. The van der Waals surface area contributed by atoms with E-state index in [0.29, 0.717) is 51.9 Å². The number of nitrogens with zero attached hydrogens (tertiary/aromatic N) is 2. The second-order valence-corrected chi connectivity index (χ2v) is 12.1. The molecule has 1 amide bonds. The minimum Gasteiger partial charge on any atom is -0.444 e. The van der Waals surface area contributed by atoms with Crippen LogP contribution in [0.2, 0.25) is 0 Å². The molecule has 172 valence electrons. The Balaban J connectivity index is 1.51. The summed E-state index contributed by atoms with van der Waals surface area (Å²) >= 11 is 3.32. The van der Waals surface area contributed by atoms with E-state index in [2.05, 4.69) is 15.9 Å². The van der Waals surface area contributed by atoms with Crippen LogP contribution in [0.1, 0.15) is 46.5 Å². The van der Waals surface area contributed by atoms with Gasteiger partial charge < -0.3 is 9.64 Å². The molecule has 3 rings (SSSR count). The number of ether oxygens (including phenoxy) is 1. The smallest absolute Gasteiger partial charge is 0.410 e. The highest BCUT2D eigenvalue weighted by Gasteiger charge is 2.36. The monoisotopic (exact) mass is 514 g/mol. The maximum absolute atomic E-state index is 13.0. The van der Waals surface area contributed by atoms with Gasteiger partial charge >= 0.3 is 6.09 Å². The number of hydrogen-bond acceptors (Lipinski definition) is 5. The van der Waals surface area contributed by atoms with Crippen LogP contribution in [-0.4, -0.2) is 61.3 Å². The van der Waals surface area contributed by atoms with Gasteiger partial charge in [-0.1, -0.05) is 15.9 Å². The number of carbonyl (C=O) groups excluding carboxylic acids is 2. The van der Waals surface area contributed by atoms with E-state index in [4.69, 9.17) is 4.74 Å². The molecule has 9 heteroatoms. The molecule has 0 atom stereocenters. The molecule has 2 aliphatic rings. The molecule has 1 aromatic carbocycles. The third kappa shape index (κ3) is 6.08. The maximum atomic E-state index is 13.0. The van der Waals surface area contributed by atoms with Crippen molar-refractivity contribution in [1.29, 1.82) is 0 Å². The molecule has 2 saturated heterocycles. The molecule has 0 saturated carbocycles. The summed E-state index contributed by atoms with van der Waals surface area (Å²) in [4.78, 5) is 27.2. The van der Waals surface area contributed by atoms with Crippen molar-refractivity contribution in [2.75, 3.05) is 26.2 Å². The van der Waals surface area contributed by atoms with Crippen molar-refractivity contribution in [3.8, 4) is 0 Å². The Kier molecular flexibility index (Phi) is 7.48. The predicted molar refractivity (Wildman–Crippen MR) is 121 cm³/mol. The molecule has 0 spiro atoms. The Morgan fingerprint density at radius 3 is 1.90 bits per heavy atom. The Hall–Kier alpha value is -1.45. The first-order valence-electron chi connectivity index (χ1n) is 10.7. The van der Waals surface area contributed by atoms with Crippen molar-refractivity contribution in [2.45, 2.75) is 57.0 Å². The molecule has 0 N–H and O–H groups in total. The fourth-order valence-electron chi connectivity index (χ4n) is 4.14. The lowest BCUT2D eigenvalue weighted by Gasteiger charge is -2.36. The minimum atomic E-state index is -3.54. The molecule has 0 radical (unpaired) electrons. The molecule has 1 aromatic rings. The van der Waals surface area contributed by atoms with E-state index < -0.39 is 15.6 Å². The second kappa shape index (κ2) is 9.58. The van der Waals surface area contributed by atoms with E-state index in [9.17, 15) is 18.0 Å². The van der Waals surface area contributed by atoms with Crippen LogP contribution in [-0.2, 0) is 19.6 Å². The number of sulfonamides is 1. The van der Waals surface area contributed by atoms with Gasteiger partial charge in [0.1, 0.15) is 11.4 Å². The molecule has 2 heterocycles. The van der Waals surface area contributed by atoms with Crippen LogP contribution in [0.25, 0.3) is 0 Å². The van der Waals surface area contributed by atoms with Gasteiger partial charge in [-0.05, 0) is 70.7 Å². The quantitative estimate of drug-likeness (QED) is 0.604. The van der Waals surface area contributed by atoms with Gasteiger partial charge in [0, 0.05) is 42.5 Å². The molecule has 0 aromatic heterocycles. The van der Waals surface area contributed by atoms with E-state index in [-0.39, 0.29) is 28.6 Å². The van der Waals surface area contributed by atoms with E-state index in [0.717, 1.165) is 4.47 Å². The Labute approximate surface area is 193 Å². The van der Waals surface area contributed by atoms with Crippen LogP contribution in [0.5, 0.6) is 0 Å². The van der Waals surface area contributed by atoms with Gasteiger partial charge in [0.05, 0.1) is 4.90 Å². The van der Waals surface area contributed by atoms with Gasteiger partial charge in [0.2, 0.25) is 10.0 Å². The number of ketones is 1. The number of amides is 1. The average Bonchev–Trinajstić information content (AvgIpc) is 2.72. The molecular weight excluding hydrogens is 484 g/mol. The molecule has 0 unspecified atom stereocenters. The minimum absolute atomic E-state index is 0.0710. The second-order valence-electron chi connectivity index (χ2n) is 9.28. The van der Waals surface area contributed by atoms with Crippen LogP contribution >= 0.6 is 15.9 Å². The number of hydrogen-bond donors (Lipinski definition) is 0. The number of rotatable bonds is 4. The van der Waals surface area contributed by atoms with Crippen molar-refractivity contribution in [3.05, 3.63) is 28.7 Å². The highest BCUT2D eigenvalue weighted by atomic mass is 79.9. The number of benzene rings is 1. The standard InChI is InChI=1S/C22H31BrN2O5S/c1-22(2,3)30-21(27)24-12-8-16(9-13-24)20(26)17-10-14-25(15-11-17)31(28,29)19-6-4-18(23)5-7-19/h4-7,16-17H,8-15H2,1-3H3. The summed E-state index contributed by atoms with van der Waals surface area (Å²) in [7, 11) is -3.54. The van der Waals surface area contributed by atoms with Gasteiger partial charge in [-0.25, -0.2) is 13.2 Å². The molecular formula is C22H31BrN2O5S. The number of Topliss-reactive ketones (excluding diaryl/α,β-unsaturated/α-hetero) is 1. The van der Waals surface area contributed by atoms with Gasteiger partial charge in [0.15, 0.2) is 0 Å². The van der Waals surface area contributed by atoms with Crippen LogP contribution < -0.4 is 0 Å². The molecule has 2 fully saturated rings. The number of carbonyl (C=O) groups is 2. The van der Waals surface area contributed by atoms with E-state index in [1.165, 1.54) is 4.31 Å². The SMILES string of the molecule is CC(C)(C)OC(=O)N1CCC(C(=O)C2CCN(S(=O)(=O)c3ccc(Br)cc3)CC2)CC1. The molecule has 0 bridgehead atoms. The highest BCUT2D eigenvalue weighted by Crippen LogP contribution is 2.30. The summed E-state index contributed by atoms with van der Waals surface area (Å²) in [6.45, 7) is 7.25. The lowest BCUT2D eigenvalue weighted by atomic mass is 9.82. The van der Waals surface area contributed by atoms with Crippen molar-refractivity contribution in [1.82, 2.24) is 9.21 Å². The zero-order valence-corrected chi connectivity index (χ0v) is 20.7. The highest BCUT2D eigenvalue weighted by molar-refractivity contribution is 9.10. The lowest BCUT2D eigenvalue weighted by Crippen LogP contribution is -2.45. The normalized spacial score (nSPS) is 19.9. The number of halogens is 1. The molecule has 2 aliphatic heterocycles. The predicted octanol–water partition coefficient (Wildman–Crippen LogP) is 4.07.